The highest BCUT2D eigenvalue weighted by atomic mass is 32.2. The Labute approximate surface area is 196 Å². The molecule has 2 aromatic rings. The van der Waals surface area contributed by atoms with Crippen LogP contribution in [0.2, 0.25) is 0 Å². The van der Waals surface area contributed by atoms with E-state index in [1.165, 1.54) is 35.5 Å². The SMILES string of the molecule is CC1CCN(S(=O)(=O)c2ccc(C(=O)OC(C)C(=O)NCC(C)c3ccccc3)cc2)CC1. The average molecular weight is 473 g/mol. The molecule has 0 spiro atoms. The fourth-order valence-electron chi connectivity index (χ4n) is 3.72. The maximum Gasteiger partial charge on any atom is 0.338 e. The van der Waals surface area contributed by atoms with E-state index < -0.39 is 22.1 Å². The Kier molecular flexibility index (Phi) is 8.26. The molecule has 7 nitrogen and oxygen atoms in total. The number of nitrogens with one attached hydrogen (secondary N) is 1. The molecule has 2 atom stereocenters. The Morgan fingerprint density at radius 3 is 2.24 bits per heavy atom. The van der Waals surface area contributed by atoms with Gasteiger partial charge in [0, 0.05) is 19.6 Å². The van der Waals surface area contributed by atoms with Crippen molar-refractivity contribution in [2.45, 2.75) is 50.5 Å². The van der Waals surface area contributed by atoms with Crippen LogP contribution >= 0.6 is 0 Å². The van der Waals surface area contributed by atoms with Crippen molar-refractivity contribution in [1.82, 2.24) is 9.62 Å². The summed E-state index contributed by atoms with van der Waals surface area (Å²) in [7, 11) is -3.59. The molecule has 2 unspecified atom stereocenters. The molecule has 1 saturated heterocycles. The monoisotopic (exact) mass is 472 g/mol. The third-order valence-electron chi connectivity index (χ3n) is 6.07. The second-order valence-electron chi connectivity index (χ2n) is 8.72. The summed E-state index contributed by atoms with van der Waals surface area (Å²) in [6.07, 6.45) is 0.709. The van der Waals surface area contributed by atoms with E-state index in [1.807, 2.05) is 37.3 Å². The number of sulfonamides is 1. The van der Waals surface area contributed by atoms with E-state index >= 15 is 0 Å². The van der Waals surface area contributed by atoms with E-state index in [-0.39, 0.29) is 22.3 Å². The van der Waals surface area contributed by atoms with Gasteiger partial charge in [0.2, 0.25) is 10.0 Å². The van der Waals surface area contributed by atoms with Gasteiger partial charge in [0.25, 0.3) is 5.91 Å². The van der Waals surface area contributed by atoms with Crippen LogP contribution in [0.1, 0.15) is 55.5 Å². The van der Waals surface area contributed by atoms with Gasteiger partial charge in [0.1, 0.15) is 0 Å². The molecule has 33 heavy (non-hydrogen) atoms. The van der Waals surface area contributed by atoms with Crippen LogP contribution in [0.25, 0.3) is 0 Å². The molecule has 0 saturated carbocycles. The van der Waals surface area contributed by atoms with Gasteiger partial charge in [-0.2, -0.15) is 4.31 Å². The summed E-state index contributed by atoms with van der Waals surface area (Å²) in [5.41, 5.74) is 1.30. The predicted molar refractivity (Wildman–Crippen MR) is 126 cm³/mol. The minimum Gasteiger partial charge on any atom is -0.449 e. The predicted octanol–water partition coefficient (Wildman–Crippen LogP) is 3.57. The number of nitrogens with zero attached hydrogens (tertiary/aromatic N) is 1. The van der Waals surface area contributed by atoms with Gasteiger partial charge >= 0.3 is 5.97 Å². The zero-order valence-electron chi connectivity index (χ0n) is 19.4. The number of ether oxygens (including phenoxy) is 1. The first kappa shape index (κ1) is 24.9. The molecule has 1 aliphatic rings. The lowest BCUT2D eigenvalue weighted by Gasteiger charge is -2.29. The number of hydrogen-bond donors (Lipinski definition) is 1. The van der Waals surface area contributed by atoms with Crippen LogP contribution in [0.5, 0.6) is 0 Å². The summed E-state index contributed by atoms with van der Waals surface area (Å²) >= 11 is 0. The number of rotatable bonds is 8. The summed E-state index contributed by atoms with van der Waals surface area (Å²) in [4.78, 5) is 25.0. The normalized spacial score (nSPS) is 17.2. The molecule has 0 aromatic heterocycles. The van der Waals surface area contributed by atoms with Gasteiger partial charge < -0.3 is 10.1 Å². The van der Waals surface area contributed by atoms with Crippen molar-refractivity contribution in [3.8, 4) is 0 Å². The Balaban J connectivity index is 1.53. The lowest BCUT2D eigenvalue weighted by atomic mass is 10.0. The van der Waals surface area contributed by atoms with E-state index in [9.17, 15) is 18.0 Å². The molecule has 1 aliphatic heterocycles. The Hall–Kier alpha value is -2.71. The molecule has 3 rings (SSSR count). The van der Waals surface area contributed by atoms with Crippen molar-refractivity contribution in [3.05, 3.63) is 65.7 Å². The molecular formula is C25H32N2O5S. The first-order valence-electron chi connectivity index (χ1n) is 11.3. The number of piperidine rings is 1. The highest BCUT2D eigenvalue weighted by molar-refractivity contribution is 7.89. The van der Waals surface area contributed by atoms with E-state index in [2.05, 4.69) is 12.2 Å². The van der Waals surface area contributed by atoms with E-state index in [0.717, 1.165) is 18.4 Å². The topological polar surface area (TPSA) is 92.8 Å². The van der Waals surface area contributed by atoms with Crippen molar-refractivity contribution in [2.75, 3.05) is 19.6 Å². The van der Waals surface area contributed by atoms with Crippen LogP contribution in [-0.2, 0) is 19.6 Å². The summed E-state index contributed by atoms with van der Waals surface area (Å²) in [6, 6.07) is 15.5. The highest BCUT2D eigenvalue weighted by Gasteiger charge is 2.28. The molecule has 0 radical (unpaired) electrons. The van der Waals surface area contributed by atoms with Crippen LogP contribution in [0.4, 0.5) is 0 Å². The molecule has 178 valence electrons. The van der Waals surface area contributed by atoms with Crippen molar-refractivity contribution in [1.29, 1.82) is 0 Å². The Morgan fingerprint density at radius 2 is 1.64 bits per heavy atom. The summed E-state index contributed by atoms with van der Waals surface area (Å²) < 4.78 is 32.4. The van der Waals surface area contributed by atoms with Crippen LogP contribution < -0.4 is 5.32 Å². The van der Waals surface area contributed by atoms with Crippen molar-refractivity contribution in [3.63, 3.8) is 0 Å². The van der Waals surface area contributed by atoms with E-state index in [0.29, 0.717) is 25.6 Å². The number of hydrogen-bond acceptors (Lipinski definition) is 5. The van der Waals surface area contributed by atoms with Gasteiger partial charge in [0.05, 0.1) is 10.5 Å². The minimum atomic E-state index is -3.59. The zero-order chi connectivity index (χ0) is 24.0. The number of amides is 1. The van der Waals surface area contributed by atoms with Gasteiger partial charge in [-0.05, 0) is 61.4 Å². The third-order valence-corrected chi connectivity index (χ3v) is 7.99. The molecule has 1 heterocycles. The van der Waals surface area contributed by atoms with Crippen molar-refractivity contribution >= 4 is 21.9 Å². The third kappa shape index (κ3) is 6.42. The molecule has 8 heteroatoms. The minimum absolute atomic E-state index is 0.121. The van der Waals surface area contributed by atoms with Gasteiger partial charge in [-0.25, -0.2) is 13.2 Å². The summed E-state index contributed by atoms with van der Waals surface area (Å²) in [5, 5.41) is 2.80. The van der Waals surface area contributed by atoms with E-state index in [4.69, 9.17) is 4.74 Å². The number of carbonyl (C=O) groups excluding carboxylic acids is 2. The molecule has 1 amide bonds. The van der Waals surface area contributed by atoms with Crippen LogP contribution in [0.15, 0.2) is 59.5 Å². The lowest BCUT2D eigenvalue weighted by Crippen LogP contribution is -2.38. The molecule has 0 aliphatic carbocycles. The van der Waals surface area contributed by atoms with Crippen LogP contribution in [0.3, 0.4) is 0 Å². The van der Waals surface area contributed by atoms with Gasteiger partial charge in [-0.15, -0.1) is 0 Å². The highest BCUT2D eigenvalue weighted by Crippen LogP contribution is 2.24. The van der Waals surface area contributed by atoms with Crippen molar-refractivity contribution in [2.24, 2.45) is 5.92 Å². The first-order valence-corrected chi connectivity index (χ1v) is 12.8. The number of benzene rings is 2. The number of esters is 1. The zero-order valence-corrected chi connectivity index (χ0v) is 20.2. The maximum absolute atomic E-state index is 12.8. The fraction of sp³-hybridized carbons (Fsp3) is 0.440. The van der Waals surface area contributed by atoms with Crippen molar-refractivity contribution < 1.29 is 22.7 Å². The Morgan fingerprint density at radius 1 is 1.03 bits per heavy atom. The largest absolute Gasteiger partial charge is 0.449 e. The number of carbonyl (C=O) groups is 2. The summed E-state index contributed by atoms with van der Waals surface area (Å²) in [5.74, 6) is -0.417. The van der Waals surface area contributed by atoms with Crippen LogP contribution in [0, 0.1) is 5.92 Å². The summed E-state index contributed by atoms with van der Waals surface area (Å²) in [6.45, 7) is 7.07. The van der Waals surface area contributed by atoms with E-state index in [1.54, 1.807) is 0 Å². The standard InChI is InChI=1S/C25H32N2O5S/c1-18-13-15-27(16-14-18)33(30,31)23-11-9-22(10-12-23)25(29)32-20(3)24(28)26-17-19(2)21-7-5-4-6-8-21/h4-12,18-20H,13-17H2,1-3H3,(H,26,28). The fourth-order valence-corrected chi connectivity index (χ4v) is 5.19. The smallest absolute Gasteiger partial charge is 0.338 e. The van der Waals surface area contributed by atoms with Gasteiger partial charge in [-0.3, -0.25) is 4.79 Å². The molecule has 1 fully saturated rings. The second kappa shape index (κ2) is 10.9. The molecule has 0 bridgehead atoms. The Bertz CT molecular complexity index is 1050. The van der Waals surface area contributed by atoms with Crippen LogP contribution in [-0.4, -0.2) is 50.3 Å². The second-order valence-corrected chi connectivity index (χ2v) is 10.7. The lowest BCUT2D eigenvalue weighted by molar-refractivity contribution is -0.129. The molecule has 1 N–H and O–H groups in total. The average Bonchev–Trinajstić information content (AvgIpc) is 2.83. The van der Waals surface area contributed by atoms with Gasteiger partial charge in [-0.1, -0.05) is 44.2 Å². The first-order chi connectivity index (χ1) is 15.7. The quantitative estimate of drug-likeness (QED) is 0.593. The molecule has 2 aromatic carbocycles. The molecular weight excluding hydrogens is 440 g/mol. The maximum atomic E-state index is 12.8. The van der Waals surface area contributed by atoms with Gasteiger partial charge in [0.15, 0.2) is 6.10 Å².